The van der Waals surface area contributed by atoms with Crippen LogP contribution in [0.4, 0.5) is 5.69 Å². The van der Waals surface area contributed by atoms with Crippen molar-refractivity contribution in [2.24, 2.45) is 0 Å². The molecule has 4 aromatic rings. The molecule has 1 N–H and O–H groups in total. The van der Waals surface area contributed by atoms with E-state index >= 15 is 0 Å². The summed E-state index contributed by atoms with van der Waals surface area (Å²) < 4.78 is 34.8. The van der Waals surface area contributed by atoms with Gasteiger partial charge in [0.2, 0.25) is 11.8 Å². The van der Waals surface area contributed by atoms with Crippen molar-refractivity contribution in [3.8, 4) is 5.75 Å². The second kappa shape index (κ2) is 16.1. The Kier molecular flexibility index (Phi) is 12.0. The standard InChI is InChI=1S/C35H38ClN3O5S/c1-3-23-37-35(41)33(24-27-13-7-5-8-14-27)38(25-28-15-11-12-18-32(28)36)34(40)26-39(29-16-9-6-10-17-29)45(42,43)31-21-19-30(20-22-31)44-4-2/h5-22,33H,3-4,23-26H2,1-2H3,(H,37,41)/t33-/m0/s1. The van der Waals surface area contributed by atoms with Crippen molar-refractivity contribution >= 4 is 39.1 Å². The lowest BCUT2D eigenvalue weighted by Gasteiger charge is -2.34. The van der Waals surface area contributed by atoms with Crippen LogP contribution in [0.2, 0.25) is 5.02 Å². The lowest BCUT2D eigenvalue weighted by Crippen LogP contribution is -2.53. The van der Waals surface area contributed by atoms with E-state index in [1.54, 1.807) is 66.7 Å². The fraction of sp³-hybridized carbons (Fsp3) is 0.257. The third kappa shape index (κ3) is 8.86. The fourth-order valence-corrected chi connectivity index (χ4v) is 6.46. The number of benzene rings is 4. The summed E-state index contributed by atoms with van der Waals surface area (Å²) in [5, 5.41) is 3.37. The van der Waals surface area contributed by atoms with E-state index in [0.717, 1.165) is 9.87 Å². The van der Waals surface area contributed by atoms with Gasteiger partial charge in [0.25, 0.3) is 10.0 Å². The molecule has 45 heavy (non-hydrogen) atoms. The molecule has 4 aromatic carbocycles. The van der Waals surface area contributed by atoms with Crippen LogP contribution in [-0.4, -0.2) is 50.9 Å². The molecule has 10 heteroatoms. The van der Waals surface area contributed by atoms with Crippen LogP contribution >= 0.6 is 11.6 Å². The Bertz CT molecular complexity index is 1650. The molecule has 0 aromatic heterocycles. The number of carbonyl (C=O) groups excluding carboxylic acids is 2. The highest BCUT2D eigenvalue weighted by Gasteiger charge is 2.34. The zero-order valence-corrected chi connectivity index (χ0v) is 27.0. The Morgan fingerprint density at radius 1 is 0.844 bits per heavy atom. The maximum atomic E-state index is 14.4. The van der Waals surface area contributed by atoms with Crippen LogP contribution in [0.3, 0.4) is 0 Å². The number of hydrogen-bond acceptors (Lipinski definition) is 5. The Balaban J connectivity index is 1.77. The molecule has 0 bridgehead atoms. The smallest absolute Gasteiger partial charge is 0.264 e. The molecule has 0 radical (unpaired) electrons. The maximum absolute atomic E-state index is 14.4. The SMILES string of the molecule is CCCNC(=O)[C@H](Cc1ccccc1)N(Cc1ccccc1Cl)C(=O)CN(c1ccccc1)S(=O)(=O)c1ccc(OCC)cc1. The van der Waals surface area contributed by atoms with Gasteiger partial charge in [-0.05, 0) is 66.9 Å². The van der Waals surface area contributed by atoms with Crippen LogP contribution in [0.15, 0.2) is 114 Å². The summed E-state index contributed by atoms with van der Waals surface area (Å²) in [6.07, 6.45) is 0.938. The molecule has 0 aliphatic heterocycles. The van der Waals surface area contributed by atoms with Gasteiger partial charge in [-0.3, -0.25) is 13.9 Å². The Morgan fingerprint density at radius 3 is 2.09 bits per heavy atom. The number of anilines is 1. The number of nitrogens with one attached hydrogen (secondary N) is 1. The summed E-state index contributed by atoms with van der Waals surface area (Å²) in [7, 11) is -4.21. The topological polar surface area (TPSA) is 96.0 Å². The molecular formula is C35H38ClN3O5S. The van der Waals surface area contributed by atoms with Gasteiger partial charge in [-0.25, -0.2) is 8.42 Å². The van der Waals surface area contributed by atoms with E-state index in [1.807, 2.05) is 44.2 Å². The molecule has 0 heterocycles. The molecule has 0 saturated heterocycles. The molecule has 0 spiro atoms. The summed E-state index contributed by atoms with van der Waals surface area (Å²) in [6, 6.07) is 30.1. The number of nitrogens with zero attached hydrogens (tertiary/aromatic N) is 2. The molecule has 2 amide bonds. The van der Waals surface area contributed by atoms with Crippen molar-refractivity contribution in [3.05, 3.63) is 125 Å². The average Bonchev–Trinajstić information content (AvgIpc) is 3.06. The van der Waals surface area contributed by atoms with Gasteiger partial charge in [-0.15, -0.1) is 0 Å². The fourth-order valence-electron chi connectivity index (χ4n) is 4.85. The summed E-state index contributed by atoms with van der Waals surface area (Å²) in [5.74, 6) is -0.353. The van der Waals surface area contributed by atoms with Crippen LogP contribution in [0.1, 0.15) is 31.4 Å². The van der Waals surface area contributed by atoms with Crippen molar-refractivity contribution < 1.29 is 22.7 Å². The van der Waals surface area contributed by atoms with Gasteiger partial charge >= 0.3 is 0 Å². The molecule has 4 rings (SSSR count). The van der Waals surface area contributed by atoms with Gasteiger partial charge in [0, 0.05) is 24.5 Å². The summed E-state index contributed by atoms with van der Waals surface area (Å²) in [6.45, 7) is 4.12. The minimum atomic E-state index is -4.21. The minimum absolute atomic E-state index is 0.00127. The average molecular weight is 648 g/mol. The number of carbonyl (C=O) groups is 2. The Morgan fingerprint density at radius 2 is 1.47 bits per heavy atom. The molecule has 0 aliphatic rings. The quantitative estimate of drug-likeness (QED) is 0.168. The predicted molar refractivity (Wildman–Crippen MR) is 178 cm³/mol. The third-order valence-electron chi connectivity index (χ3n) is 7.16. The van der Waals surface area contributed by atoms with Crippen molar-refractivity contribution in [2.45, 2.75) is 44.2 Å². The first-order valence-corrected chi connectivity index (χ1v) is 16.7. The highest BCUT2D eigenvalue weighted by molar-refractivity contribution is 7.92. The molecule has 0 saturated carbocycles. The lowest BCUT2D eigenvalue weighted by atomic mass is 10.0. The molecule has 0 unspecified atom stereocenters. The van der Waals surface area contributed by atoms with E-state index in [1.165, 1.54) is 17.0 Å². The van der Waals surface area contributed by atoms with E-state index < -0.39 is 28.5 Å². The summed E-state index contributed by atoms with van der Waals surface area (Å²) in [4.78, 5) is 29.6. The molecule has 0 fully saturated rings. The van der Waals surface area contributed by atoms with Gasteiger partial charge in [0.15, 0.2) is 0 Å². The largest absolute Gasteiger partial charge is 0.494 e. The zero-order chi connectivity index (χ0) is 32.2. The first-order valence-electron chi connectivity index (χ1n) is 14.9. The number of sulfonamides is 1. The predicted octanol–water partition coefficient (Wildman–Crippen LogP) is 6.10. The maximum Gasteiger partial charge on any atom is 0.264 e. The lowest BCUT2D eigenvalue weighted by molar-refractivity contribution is -0.140. The normalized spacial score (nSPS) is 11.8. The zero-order valence-electron chi connectivity index (χ0n) is 25.4. The number of amides is 2. The monoisotopic (exact) mass is 647 g/mol. The van der Waals surface area contributed by atoms with E-state index in [4.69, 9.17) is 16.3 Å². The van der Waals surface area contributed by atoms with Crippen LogP contribution < -0.4 is 14.4 Å². The van der Waals surface area contributed by atoms with Crippen LogP contribution in [0, 0.1) is 0 Å². The van der Waals surface area contributed by atoms with Crippen molar-refractivity contribution in [3.63, 3.8) is 0 Å². The Labute approximate surface area is 270 Å². The van der Waals surface area contributed by atoms with E-state index in [2.05, 4.69) is 5.32 Å². The highest BCUT2D eigenvalue weighted by atomic mass is 35.5. The second-order valence-electron chi connectivity index (χ2n) is 10.4. The minimum Gasteiger partial charge on any atom is -0.494 e. The molecule has 1 atom stereocenters. The summed E-state index contributed by atoms with van der Waals surface area (Å²) in [5.41, 5.74) is 1.80. The highest BCUT2D eigenvalue weighted by Crippen LogP contribution is 2.27. The van der Waals surface area contributed by atoms with Gasteiger partial charge in [-0.1, -0.05) is 85.3 Å². The molecule has 8 nitrogen and oxygen atoms in total. The third-order valence-corrected chi connectivity index (χ3v) is 9.32. The molecule has 0 aliphatic carbocycles. The van der Waals surface area contributed by atoms with E-state index in [0.29, 0.717) is 41.6 Å². The van der Waals surface area contributed by atoms with Gasteiger partial charge in [-0.2, -0.15) is 0 Å². The van der Waals surface area contributed by atoms with Crippen molar-refractivity contribution in [1.29, 1.82) is 0 Å². The Hall–Kier alpha value is -4.34. The van der Waals surface area contributed by atoms with E-state index in [9.17, 15) is 18.0 Å². The van der Waals surface area contributed by atoms with Gasteiger partial charge < -0.3 is 15.0 Å². The first-order chi connectivity index (χ1) is 21.7. The van der Waals surface area contributed by atoms with Crippen LogP contribution in [0.5, 0.6) is 5.75 Å². The van der Waals surface area contributed by atoms with Gasteiger partial charge in [0.1, 0.15) is 18.3 Å². The summed E-state index contributed by atoms with van der Waals surface area (Å²) >= 11 is 6.54. The first kappa shape index (κ1) is 33.6. The van der Waals surface area contributed by atoms with Crippen LogP contribution in [-0.2, 0) is 32.6 Å². The number of rotatable bonds is 15. The van der Waals surface area contributed by atoms with E-state index in [-0.39, 0.29) is 23.8 Å². The van der Waals surface area contributed by atoms with Crippen molar-refractivity contribution in [2.75, 3.05) is 24.0 Å². The van der Waals surface area contributed by atoms with Crippen LogP contribution in [0.25, 0.3) is 0 Å². The number of para-hydroxylation sites is 1. The second-order valence-corrected chi connectivity index (χ2v) is 12.6. The van der Waals surface area contributed by atoms with Crippen molar-refractivity contribution in [1.82, 2.24) is 10.2 Å². The molecule has 236 valence electrons. The van der Waals surface area contributed by atoms with Gasteiger partial charge in [0.05, 0.1) is 17.2 Å². The number of hydrogen-bond donors (Lipinski definition) is 1. The number of ether oxygens (including phenoxy) is 1. The number of halogens is 1. The molecular weight excluding hydrogens is 610 g/mol.